The van der Waals surface area contributed by atoms with Gasteiger partial charge in [0.15, 0.2) is 0 Å². The molecule has 0 unspecified atom stereocenters. The number of alkyl halides is 3. The van der Waals surface area contributed by atoms with Crippen LogP contribution in [0.5, 0.6) is 0 Å². The second kappa shape index (κ2) is 6.02. The number of carbonyl (C=O) groups is 1. The van der Waals surface area contributed by atoms with Gasteiger partial charge in [-0.25, -0.2) is 4.98 Å². The van der Waals surface area contributed by atoms with Gasteiger partial charge in [-0.3, -0.25) is 9.69 Å². The van der Waals surface area contributed by atoms with Crippen molar-refractivity contribution < 1.29 is 18.0 Å². The highest BCUT2D eigenvalue weighted by Gasteiger charge is 2.31. The van der Waals surface area contributed by atoms with Crippen LogP contribution in [-0.2, 0) is 11.0 Å². The highest BCUT2D eigenvalue weighted by atomic mass is 19.4. The predicted octanol–water partition coefficient (Wildman–Crippen LogP) is 3.69. The van der Waals surface area contributed by atoms with Gasteiger partial charge < -0.3 is 10.7 Å². The number of nitrogens with one attached hydrogen (secondary N) is 1. The molecule has 0 fully saturated rings. The van der Waals surface area contributed by atoms with E-state index in [1.807, 2.05) is 0 Å². The molecule has 1 N–H and O–H groups in total. The molecule has 1 aromatic carbocycles. The largest absolute Gasteiger partial charge is 0.761 e. The third-order valence-corrected chi connectivity index (χ3v) is 2.84. The van der Waals surface area contributed by atoms with Crippen LogP contribution in [0.1, 0.15) is 12.5 Å². The summed E-state index contributed by atoms with van der Waals surface area (Å²) in [6, 6.07) is 6.96. The molecule has 0 aliphatic carbocycles. The van der Waals surface area contributed by atoms with Gasteiger partial charge in [0.2, 0.25) is 5.91 Å². The maximum absolute atomic E-state index is 12.8. The lowest BCUT2D eigenvalue weighted by molar-refractivity contribution is -0.137. The minimum Gasteiger partial charge on any atom is -0.761 e. The third kappa shape index (κ3) is 3.34. The number of anilines is 3. The lowest BCUT2D eigenvalue weighted by Gasteiger charge is -2.22. The van der Waals surface area contributed by atoms with Gasteiger partial charge in [-0.15, -0.1) is 0 Å². The molecule has 8 heteroatoms. The molecule has 0 atom stereocenters. The number of pyridine rings is 1. The van der Waals surface area contributed by atoms with Crippen LogP contribution in [0.3, 0.4) is 0 Å². The Labute approximate surface area is 124 Å². The molecule has 2 aromatic rings. The van der Waals surface area contributed by atoms with Gasteiger partial charge in [-0.2, -0.15) is 13.2 Å². The molecule has 0 bridgehead atoms. The quantitative estimate of drug-likeness (QED) is 0.878. The first-order chi connectivity index (χ1) is 10.3. The SMILES string of the molecule is CC(=O)N(c1cccc(C(F)(F)F)c1)c1cc(N[O-])ccn1. The van der Waals surface area contributed by atoms with Gasteiger partial charge in [-0.1, -0.05) is 6.07 Å². The molecule has 0 saturated carbocycles. The third-order valence-electron chi connectivity index (χ3n) is 2.84. The van der Waals surface area contributed by atoms with Crippen molar-refractivity contribution in [2.24, 2.45) is 0 Å². The van der Waals surface area contributed by atoms with Crippen molar-refractivity contribution in [2.45, 2.75) is 13.1 Å². The number of amides is 1. The Hall–Kier alpha value is -2.61. The Bertz CT molecular complexity index is 689. The lowest BCUT2D eigenvalue weighted by Crippen LogP contribution is -2.24. The van der Waals surface area contributed by atoms with Crippen molar-refractivity contribution in [3.05, 3.63) is 53.4 Å². The smallest absolute Gasteiger partial charge is 0.416 e. The van der Waals surface area contributed by atoms with Crippen LogP contribution in [0.15, 0.2) is 42.6 Å². The van der Waals surface area contributed by atoms with Crippen molar-refractivity contribution >= 4 is 23.1 Å². The van der Waals surface area contributed by atoms with E-state index in [9.17, 15) is 23.2 Å². The summed E-state index contributed by atoms with van der Waals surface area (Å²) in [5.41, 5.74) is 0.914. The number of aromatic nitrogens is 1. The fourth-order valence-corrected chi connectivity index (χ4v) is 1.90. The Balaban J connectivity index is 2.51. The predicted molar refractivity (Wildman–Crippen MR) is 75.5 cm³/mol. The number of rotatable bonds is 3. The molecule has 0 spiro atoms. The molecule has 0 saturated heterocycles. The summed E-state index contributed by atoms with van der Waals surface area (Å²) in [5, 5.41) is 10.7. The normalized spacial score (nSPS) is 11.1. The van der Waals surface area contributed by atoms with Crippen molar-refractivity contribution in [2.75, 3.05) is 10.4 Å². The molecule has 0 aliphatic rings. The molecular weight excluding hydrogens is 299 g/mol. The fourth-order valence-electron chi connectivity index (χ4n) is 1.90. The zero-order valence-electron chi connectivity index (χ0n) is 11.4. The van der Waals surface area contributed by atoms with Crippen molar-refractivity contribution in [1.82, 2.24) is 4.98 Å². The average Bonchev–Trinajstić information content (AvgIpc) is 2.47. The van der Waals surface area contributed by atoms with Gasteiger partial charge in [0, 0.05) is 24.9 Å². The molecule has 1 heterocycles. The first-order valence-corrected chi connectivity index (χ1v) is 6.15. The Morgan fingerprint density at radius 3 is 2.59 bits per heavy atom. The minimum absolute atomic E-state index is 0.0119. The van der Waals surface area contributed by atoms with Crippen LogP contribution in [0, 0.1) is 5.21 Å². The van der Waals surface area contributed by atoms with Gasteiger partial charge in [0.25, 0.3) is 0 Å². The molecule has 5 nitrogen and oxygen atoms in total. The van der Waals surface area contributed by atoms with Crippen molar-refractivity contribution in [1.29, 1.82) is 0 Å². The highest BCUT2D eigenvalue weighted by Crippen LogP contribution is 2.33. The van der Waals surface area contributed by atoms with E-state index in [-0.39, 0.29) is 17.2 Å². The average molecular weight is 310 g/mol. The standard InChI is InChI=1S/C14H11F3N3O2/c1-9(21)20(13-8-11(19-22)5-6-18-13)12-4-2-3-10(7-12)14(15,16)17/h2-8H,1H3,(H-,18,19,22)/q-1. The molecule has 1 aromatic heterocycles. The molecule has 116 valence electrons. The Morgan fingerprint density at radius 1 is 1.27 bits per heavy atom. The summed E-state index contributed by atoms with van der Waals surface area (Å²) in [5.74, 6) is -0.484. The first kappa shape index (κ1) is 15.8. The van der Waals surface area contributed by atoms with Crippen molar-refractivity contribution in [3.63, 3.8) is 0 Å². The number of hydrogen-bond acceptors (Lipinski definition) is 4. The van der Waals surface area contributed by atoms with E-state index in [1.54, 1.807) is 5.48 Å². The van der Waals surface area contributed by atoms with Crippen LogP contribution in [0.4, 0.5) is 30.4 Å². The van der Waals surface area contributed by atoms with E-state index in [0.29, 0.717) is 0 Å². The fraction of sp³-hybridized carbons (Fsp3) is 0.143. The summed E-state index contributed by atoms with van der Waals surface area (Å²) >= 11 is 0. The van der Waals surface area contributed by atoms with Crippen molar-refractivity contribution in [3.8, 4) is 0 Å². The second-order valence-electron chi connectivity index (χ2n) is 4.41. The zero-order valence-corrected chi connectivity index (χ0v) is 11.4. The summed E-state index contributed by atoms with van der Waals surface area (Å²) in [4.78, 5) is 16.7. The van der Waals surface area contributed by atoms with Crippen LogP contribution < -0.4 is 10.4 Å². The first-order valence-electron chi connectivity index (χ1n) is 6.15. The molecule has 1 amide bonds. The van der Waals surface area contributed by atoms with E-state index in [2.05, 4.69) is 4.98 Å². The lowest BCUT2D eigenvalue weighted by atomic mass is 10.1. The van der Waals surface area contributed by atoms with E-state index in [1.165, 1.54) is 37.4 Å². The number of halogens is 3. The van der Waals surface area contributed by atoms with Crippen LogP contribution in [-0.4, -0.2) is 10.9 Å². The molecule has 0 aliphatic heterocycles. The molecule has 2 rings (SSSR count). The van der Waals surface area contributed by atoms with Gasteiger partial charge in [0.05, 0.1) is 11.3 Å². The maximum Gasteiger partial charge on any atom is 0.416 e. The number of benzene rings is 1. The van der Waals surface area contributed by atoms with E-state index in [0.717, 1.165) is 17.0 Å². The molecule has 0 radical (unpaired) electrons. The van der Waals surface area contributed by atoms with E-state index >= 15 is 0 Å². The summed E-state index contributed by atoms with van der Waals surface area (Å²) < 4.78 is 38.3. The highest BCUT2D eigenvalue weighted by molar-refractivity contribution is 5.98. The van der Waals surface area contributed by atoms with Gasteiger partial charge in [-0.05, 0) is 24.3 Å². The number of hydrogen-bond donors (Lipinski definition) is 1. The van der Waals surface area contributed by atoms with Crippen LogP contribution in [0.2, 0.25) is 0 Å². The van der Waals surface area contributed by atoms with E-state index < -0.39 is 17.6 Å². The second-order valence-corrected chi connectivity index (χ2v) is 4.41. The summed E-state index contributed by atoms with van der Waals surface area (Å²) in [7, 11) is 0. The zero-order chi connectivity index (χ0) is 16.3. The van der Waals surface area contributed by atoms with Gasteiger partial charge in [0.1, 0.15) is 5.82 Å². The maximum atomic E-state index is 12.8. The van der Waals surface area contributed by atoms with Crippen LogP contribution in [0.25, 0.3) is 0 Å². The Kier molecular flexibility index (Phi) is 4.32. The van der Waals surface area contributed by atoms with E-state index in [4.69, 9.17) is 0 Å². The monoisotopic (exact) mass is 310 g/mol. The number of nitrogens with zero attached hydrogens (tertiary/aromatic N) is 2. The Morgan fingerprint density at radius 2 is 2.00 bits per heavy atom. The topological polar surface area (TPSA) is 68.3 Å². The minimum atomic E-state index is -4.52. The summed E-state index contributed by atoms with van der Waals surface area (Å²) in [6.45, 7) is 1.19. The van der Waals surface area contributed by atoms with Gasteiger partial charge >= 0.3 is 6.18 Å². The molecular formula is C14H11F3N3O2-. The summed E-state index contributed by atoms with van der Waals surface area (Å²) in [6.07, 6.45) is -3.25. The number of carbonyl (C=O) groups excluding carboxylic acids is 1. The molecule has 22 heavy (non-hydrogen) atoms. The van der Waals surface area contributed by atoms with Crippen LogP contribution >= 0.6 is 0 Å².